The number of hydrogen-bond donors (Lipinski definition) is 1. The summed E-state index contributed by atoms with van der Waals surface area (Å²) in [4.78, 5) is 11.0. The molecule has 0 atom stereocenters. The quantitative estimate of drug-likeness (QED) is 0.823. The summed E-state index contributed by atoms with van der Waals surface area (Å²) < 4.78 is 4.76. The second-order valence-corrected chi connectivity index (χ2v) is 3.24. The lowest BCUT2D eigenvalue weighted by atomic mass is 10.1. The fourth-order valence-electron chi connectivity index (χ4n) is 1.25. The first-order valence-electron chi connectivity index (χ1n) is 5.24. The predicted molar refractivity (Wildman–Crippen MR) is 59.7 cm³/mol. The lowest BCUT2D eigenvalue weighted by Gasteiger charge is -2.05. The summed E-state index contributed by atoms with van der Waals surface area (Å²) in [6, 6.07) is 8.18. The fraction of sp³-hybridized carbons (Fsp3) is 0.417. The van der Waals surface area contributed by atoms with Gasteiger partial charge < -0.3 is 10.1 Å². The van der Waals surface area contributed by atoms with Gasteiger partial charge in [0.1, 0.15) is 0 Å². The van der Waals surface area contributed by atoms with E-state index in [-0.39, 0.29) is 6.09 Å². The Kier molecular flexibility index (Phi) is 4.68. The maximum Gasteiger partial charge on any atom is 0.407 e. The zero-order valence-corrected chi connectivity index (χ0v) is 9.25. The Balaban J connectivity index is 2.40. The first-order valence-corrected chi connectivity index (χ1v) is 5.24. The topological polar surface area (TPSA) is 38.3 Å². The SMILES string of the molecule is CCOC(=O)NCc1ccc(CC)cc1. The normalized spacial score (nSPS) is 9.73. The zero-order valence-electron chi connectivity index (χ0n) is 9.25. The molecule has 0 spiro atoms. The number of aryl methyl sites for hydroxylation is 1. The molecule has 0 aliphatic carbocycles. The van der Waals surface area contributed by atoms with E-state index in [0.717, 1.165) is 12.0 Å². The van der Waals surface area contributed by atoms with Gasteiger partial charge in [0, 0.05) is 6.54 Å². The van der Waals surface area contributed by atoms with Gasteiger partial charge >= 0.3 is 6.09 Å². The van der Waals surface area contributed by atoms with E-state index in [1.54, 1.807) is 6.92 Å². The molecule has 0 saturated heterocycles. The fourth-order valence-corrected chi connectivity index (χ4v) is 1.25. The van der Waals surface area contributed by atoms with Crippen LogP contribution in [0.15, 0.2) is 24.3 Å². The van der Waals surface area contributed by atoms with Crippen LogP contribution in [0.5, 0.6) is 0 Å². The second kappa shape index (κ2) is 6.06. The number of hydrogen-bond acceptors (Lipinski definition) is 2. The minimum absolute atomic E-state index is 0.364. The molecule has 0 saturated carbocycles. The monoisotopic (exact) mass is 207 g/mol. The third-order valence-electron chi connectivity index (χ3n) is 2.14. The van der Waals surface area contributed by atoms with Crippen molar-refractivity contribution in [2.75, 3.05) is 6.61 Å². The molecule has 3 heteroatoms. The van der Waals surface area contributed by atoms with Gasteiger partial charge in [-0.05, 0) is 24.5 Å². The minimum Gasteiger partial charge on any atom is -0.450 e. The number of ether oxygens (including phenoxy) is 1. The number of rotatable bonds is 4. The van der Waals surface area contributed by atoms with Gasteiger partial charge in [0.25, 0.3) is 0 Å². The maximum atomic E-state index is 11.0. The number of nitrogens with one attached hydrogen (secondary N) is 1. The number of benzene rings is 1. The van der Waals surface area contributed by atoms with Gasteiger partial charge in [0.05, 0.1) is 6.61 Å². The highest BCUT2D eigenvalue weighted by atomic mass is 16.5. The van der Waals surface area contributed by atoms with Crippen LogP contribution in [0.4, 0.5) is 4.79 Å². The van der Waals surface area contributed by atoms with Gasteiger partial charge in [-0.1, -0.05) is 31.2 Å². The number of alkyl carbamates (subject to hydrolysis) is 1. The van der Waals surface area contributed by atoms with Gasteiger partial charge in [-0.3, -0.25) is 0 Å². The molecule has 0 radical (unpaired) electrons. The summed E-state index contributed by atoms with van der Waals surface area (Å²) in [6.45, 7) is 4.82. The Hall–Kier alpha value is -1.51. The lowest BCUT2D eigenvalue weighted by Crippen LogP contribution is -2.23. The van der Waals surface area contributed by atoms with Crippen molar-refractivity contribution < 1.29 is 9.53 Å². The average Bonchev–Trinajstić information content (AvgIpc) is 2.27. The Morgan fingerprint density at radius 3 is 2.33 bits per heavy atom. The molecule has 1 N–H and O–H groups in total. The first kappa shape index (κ1) is 11.6. The van der Waals surface area contributed by atoms with Crippen LogP contribution in [0.3, 0.4) is 0 Å². The Labute approximate surface area is 90.4 Å². The van der Waals surface area contributed by atoms with Crippen LogP contribution in [0.25, 0.3) is 0 Å². The highest BCUT2D eigenvalue weighted by molar-refractivity contribution is 5.67. The Bertz CT molecular complexity index is 306. The molecule has 1 aromatic rings. The van der Waals surface area contributed by atoms with Crippen LogP contribution in [-0.4, -0.2) is 12.7 Å². The van der Waals surface area contributed by atoms with E-state index >= 15 is 0 Å². The van der Waals surface area contributed by atoms with E-state index < -0.39 is 0 Å². The summed E-state index contributed by atoms with van der Waals surface area (Å²) in [5.74, 6) is 0. The summed E-state index contributed by atoms with van der Waals surface area (Å²) in [7, 11) is 0. The van der Waals surface area contributed by atoms with Crippen LogP contribution in [0.2, 0.25) is 0 Å². The molecule has 0 fully saturated rings. The summed E-state index contributed by atoms with van der Waals surface area (Å²) >= 11 is 0. The third kappa shape index (κ3) is 4.02. The molecule has 0 unspecified atom stereocenters. The van der Waals surface area contributed by atoms with Crippen molar-refractivity contribution in [1.29, 1.82) is 0 Å². The molecular formula is C12H17NO2. The van der Waals surface area contributed by atoms with E-state index in [1.807, 2.05) is 12.1 Å². The standard InChI is InChI=1S/C12H17NO2/c1-3-10-5-7-11(8-6-10)9-13-12(14)15-4-2/h5-8H,3-4,9H2,1-2H3,(H,13,14). The van der Waals surface area contributed by atoms with Crippen molar-refractivity contribution in [3.8, 4) is 0 Å². The molecule has 1 aromatic carbocycles. The van der Waals surface area contributed by atoms with Gasteiger partial charge in [-0.2, -0.15) is 0 Å². The molecule has 0 aliphatic rings. The van der Waals surface area contributed by atoms with Gasteiger partial charge in [-0.25, -0.2) is 4.79 Å². The second-order valence-electron chi connectivity index (χ2n) is 3.24. The van der Waals surface area contributed by atoms with Crippen molar-refractivity contribution >= 4 is 6.09 Å². The molecule has 1 rings (SSSR count). The Morgan fingerprint density at radius 1 is 1.20 bits per heavy atom. The van der Waals surface area contributed by atoms with Crippen molar-refractivity contribution in [2.45, 2.75) is 26.8 Å². The van der Waals surface area contributed by atoms with Crippen LogP contribution in [-0.2, 0) is 17.7 Å². The Morgan fingerprint density at radius 2 is 1.80 bits per heavy atom. The van der Waals surface area contributed by atoms with Gasteiger partial charge in [-0.15, -0.1) is 0 Å². The first-order chi connectivity index (χ1) is 7.26. The van der Waals surface area contributed by atoms with Crippen LogP contribution in [0, 0.1) is 0 Å². The molecule has 0 bridgehead atoms. The number of amides is 1. The van der Waals surface area contributed by atoms with Crippen molar-refractivity contribution in [2.24, 2.45) is 0 Å². The number of carbonyl (C=O) groups excluding carboxylic acids is 1. The molecule has 0 heterocycles. The highest BCUT2D eigenvalue weighted by Gasteiger charge is 1.99. The largest absolute Gasteiger partial charge is 0.450 e. The predicted octanol–water partition coefficient (Wildman–Crippen LogP) is 2.50. The lowest BCUT2D eigenvalue weighted by molar-refractivity contribution is 0.151. The van der Waals surface area contributed by atoms with Crippen LogP contribution < -0.4 is 5.32 Å². The maximum absolute atomic E-state index is 11.0. The smallest absolute Gasteiger partial charge is 0.407 e. The molecule has 0 aliphatic heterocycles. The minimum atomic E-state index is -0.364. The van der Waals surface area contributed by atoms with E-state index in [4.69, 9.17) is 4.74 Å². The van der Waals surface area contributed by atoms with Crippen LogP contribution in [0.1, 0.15) is 25.0 Å². The molecule has 15 heavy (non-hydrogen) atoms. The third-order valence-corrected chi connectivity index (χ3v) is 2.14. The van der Waals surface area contributed by atoms with Crippen molar-refractivity contribution in [3.63, 3.8) is 0 Å². The summed E-state index contributed by atoms with van der Waals surface area (Å²) in [5, 5.41) is 2.68. The molecule has 82 valence electrons. The average molecular weight is 207 g/mol. The van der Waals surface area contributed by atoms with E-state index in [2.05, 4.69) is 24.4 Å². The summed E-state index contributed by atoms with van der Waals surface area (Å²) in [5.41, 5.74) is 2.38. The molecule has 0 aromatic heterocycles. The van der Waals surface area contributed by atoms with Gasteiger partial charge in [0.2, 0.25) is 0 Å². The molecule has 3 nitrogen and oxygen atoms in total. The van der Waals surface area contributed by atoms with E-state index in [9.17, 15) is 4.79 Å². The van der Waals surface area contributed by atoms with Crippen molar-refractivity contribution in [1.82, 2.24) is 5.32 Å². The molecular weight excluding hydrogens is 190 g/mol. The van der Waals surface area contributed by atoms with Crippen LogP contribution >= 0.6 is 0 Å². The van der Waals surface area contributed by atoms with Gasteiger partial charge in [0.15, 0.2) is 0 Å². The highest BCUT2D eigenvalue weighted by Crippen LogP contribution is 2.04. The van der Waals surface area contributed by atoms with Crippen molar-refractivity contribution in [3.05, 3.63) is 35.4 Å². The van der Waals surface area contributed by atoms with E-state index in [0.29, 0.717) is 13.2 Å². The summed E-state index contributed by atoms with van der Waals surface area (Å²) in [6.07, 6.45) is 0.669. The molecule has 1 amide bonds. The zero-order chi connectivity index (χ0) is 11.1. The number of carbonyl (C=O) groups is 1. The van der Waals surface area contributed by atoms with E-state index in [1.165, 1.54) is 5.56 Å².